The molecular weight excluding hydrogens is 334 g/mol. The van der Waals surface area contributed by atoms with E-state index in [4.69, 9.17) is 4.42 Å². The summed E-state index contributed by atoms with van der Waals surface area (Å²) in [6, 6.07) is 5.24. The number of rotatable bonds is 6. The van der Waals surface area contributed by atoms with Crippen LogP contribution in [-0.2, 0) is 16.0 Å². The first-order valence-electron chi connectivity index (χ1n) is 8.49. The monoisotopic (exact) mass is 353 g/mol. The molecule has 1 aliphatic rings. The number of benzene rings is 1. The highest BCUT2D eigenvalue weighted by Gasteiger charge is 2.21. The Morgan fingerprint density at radius 2 is 1.92 bits per heavy atom. The second kappa shape index (κ2) is 7.49. The number of aryl methyl sites for hydroxylation is 1. The molecule has 6 nitrogen and oxygen atoms in total. The number of ketones is 2. The van der Waals surface area contributed by atoms with Crippen molar-refractivity contribution in [1.29, 1.82) is 0 Å². The largest absolute Gasteiger partial charge is 0.502 e. The molecule has 2 N–H and O–H groups in total. The molecule has 0 unspecified atom stereocenters. The molecule has 1 aliphatic carbocycles. The Morgan fingerprint density at radius 3 is 2.65 bits per heavy atom. The van der Waals surface area contributed by atoms with Crippen LogP contribution in [-0.4, -0.2) is 29.8 Å². The number of hydrogen-bond donors (Lipinski definition) is 2. The lowest BCUT2D eigenvalue weighted by Crippen LogP contribution is -2.14. The molecule has 6 heteroatoms. The molecule has 0 spiro atoms. The average Bonchev–Trinajstić information content (AvgIpc) is 2.64. The number of allylic oxidation sites excluding steroid dienone is 4. The van der Waals surface area contributed by atoms with Crippen LogP contribution in [0.15, 0.2) is 45.6 Å². The van der Waals surface area contributed by atoms with Gasteiger partial charge in [-0.05, 0) is 55.8 Å². The molecular formula is C20H19NO5. The summed E-state index contributed by atoms with van der Waals surface area (Å²) in [6.45, 7) is 3.86. The Balaban J connectivity index is 2.00. The predicted molar refractivity (Wildman–Crippen MR) is 98.1 cm³/mol. The molecule has 134 valence electrons. The third-order valence-electron chi connectivity index (χ3n) is 4.21. The van der Waals surface area contributed by atoms with Gasteiger partial charge in [0.2, 0.25) is 22.7 Å². The van der Waals surface area contributed by atoms with Gasteiger partial charge in [0.05, 0.1) is 5.39 Å². The highest BCUT2D eigenvalue weighted by Crippen LogP contribution is 2.29. The Kier molecular flexibility index (Phi) is 5.14. The number of carbonyl (C=O) groups is 2. The minimum atomic E-state index is -0.721. The first-order chi connectivity index (χ1) is 12.5. The van der Waals surface area contributed by atoms with Crippen LogP contribution in [0.5, 0.6) is 5.75 Å². The number of aromatic hydroxyl groups is 1. The van der Waals surface area contributed by atoms with E-state index in [0.717, 1.165) is 43.6 Å². The van der Waals surface area contributed by atoms with Gasteiger partial charge in [-0.3, -0.25) is 14.4 Å². The van der Waals surface area contributed by atoms with E-state index in [0.29, 0.717) is 5.58 Å². The van der Waals surface area contributed by atoms with Gasteiger partial charge < -0.3 is 14.8 Å². The maximum Gasteiger partial charge on any atom is 0.235 e. The van der Waals surface area contributed by atoms with E-state index in [1.165, 1.54) is 6.08 Å². The smallest absolute Gasteiger partial charge is 0.235 e. The molecule has 0 radical (unpaired) electrons. The van der Waals surface area contributed by atoms with Gasteiger partial charge in [0.1, 0.15) is 5.58 Å². The van der Waals surface area contributed by atoms with Crippen molar-refractivity contribution in [2.75, 3.05) is 13.1 Å². The van der Waals surface area contributed by atoms with Crippen LogP contribution < -0.4 is 10.7 Å². The van der Waals surface area contributed by atoms with E-state index in [1.54, 1.807) is 12.1 Å². The fourth-order valence-electron chi connectivity index (χ4n) is 2.82. The summed E-state index contributed by atoms with van der Waals surface area (Å²) in [4.78, 5) is 35.3. The van der Waals surface area contributed by atoms with Crippen LogP contribution >= 0.6 is 0 Å². The van der Waals surface area contributed by atoms with Crippen LogP contribution in [0.25, 0.3) is 16.5 Å². The Hall–Kier alpha value is -2.99. The highest BCUT2D eigenvalue weighted by molar-refractivity contribution is 6.48. The Morgan fingerprint density at radius 1 is 1.12 bits per heavy atom. The molecule has 2 aromatic rings. The number of hydrogen-bond acceptors (Lipinski definition) is 6. The maximum atomic E-state index is 12.4. The van der Waals surface area contributed by atoms with Gasteiger partial charge in [-0.15, -0.1) is 0 Å². The molecule has 1 aromatic carbocycles. The number of nitrogens with one attached hydrogen (secondary N) is 1. The van der Waals surface area contributed by atoms with Gasteiger partial charge >= 0.3 is 0 Å². The van der Waals surface area contributed by atoms with Gasteiger partial charge in [0, 0.05) is 11.6 Å². The quantitative estimate of drug-likeness (QED) is 0.469. The summed E-state index contributed by atoms with van der Waals surface area (Å²) >= 11 is 0. The first-order valence-corrected chi connectivity index (χ1v) is 8.49. The molecule has 1 aromatic heterocycles. The molecule has 3 rings (SSSR count). The fourth-order valence-corrected chi connectivity index (χ4v) is 2.82. The fraction of sp³-hybridized carbons (Fsp3) is 0.250. The van der Waals surface area contributed by atoms with Crippen molar-refractivity contribution in [1.82, 2.24) is 5.32 Å². The van der Waals surface area contributed by atoms with Crippen molar-refractivity contribution in [2.24, 2.45) is 0 Å². The molecule has 26 heavy (non-hydrogen) atoms. The third-order valence-corrected chi connectivity index (χ3v) is 4.21. The average molecular weight is 353 g/mol. The van der Waals surface area contributed by atoms with Crippen LogP contribution in [0.1, 0.15) is 24.7 Å². The summed E-state index contributed by atoms with van der Waals surface area (Å²) in [5, 5.41) is 13.7. The van der Waals surface area contributed by atoms with Crippen molar-refractivity contribution >= 4 is 28.1 Å². The number of fused-ring (bicyclic) bond motifs is 1. The zero-order valence-electron chi connectivity index (χ0n) is 14.4. The van der Waals surface area contributed by atoms with Crippen molar-refractivity contribution in [3.63, 3.8) is 0 Å². The van der Waals surface area contributed by atoms with Crippen molar-refractivity contribution < 1.29 is 19.1 Å². The van der Waals surface area contributed by atoms with E-state index in [1.807, 2.05) is 13.0 Å². The van der Waals surface area contributed by atoms with Crippen molar-refractivity contribution in [3.05, 3.63) is 58.0 Å². The summed E-state index contributed by atoms with van der Waals surface area (Å²) in [5.41, 5.74) is 0.972. The molecule has 0 atom stereocenters. The minimum absolute atomic E-state index is 0.107. The topological polar surface area (TPSA) is 96.6 Å². The standard InChI is InChI=1S/C20H19NO5/c1-2-21-9-3-4-12-5-7-14-17(10-12)26-20(19(25)18(14)24)13-6-8-15(22)16(23)11-13/h5-8,10-11,21,25H,2-4,9H2,1H3. The maximum absolute atomic E-state index is 12.4. The van der Waals surface area contributed by atoms with Gasteiger partial charge in [-0.1, -0.05) is 13.0 Å². The molecule has 0 aliphatic heterocycles. The lowest BCUT2D eigenvalue weighted by Gasteiger charge is -2.09. The third kappa shape index (κ3) is 3.50. The summed E-state index contributed by atoms with van der Waals surface area (Å²) < 4.78 is 5.72. The summed E-state index contributed by atoms with van der Waals surface area (Å²) in [7, 11) is 0. The number of carbonyl (C=O) groups excluding carboxylic acids is 2. The molecule has 0 saturated carbocycles. The van der Waals surface area contributed by atoms with Crippen LogP contribution in [0.2, 0.25) is 0 Å². The van der Waals surface area contributed by atoms with Crippen molar-refractivity contribution in [3.8, 4) is 5.75 Å². The zero-order chi connectivity index (χ0) is 18.7. The van der Waals surface area contributed by atoms with E-state index >= 15 is 0 Å². The molecule has 0 amide bonds. The van der Waals surface area contributed by atoms with E-state index < -0.39 is 22.7 Å². The summed E-state index contributed by atoms with van der Waals surface area (Å²) in [5.74, 6) is -2.05. The normalized spacial score (nSPS) is 14.1. The molecule has 1 heterocycles. The Labute approximate surface area is 149 Å². The molecule has 0 saturated heterocycles. The SMILES string of the molecule is CCNCCCc1ccc2c(=O)c(O)c(C3=CC(=O)C(=O)C=C3)oc2c1. The van der Waals surface area contributed by atoms with Crippen molar-refractivity contribution in [2.45, 2.75) is 19.8 Å². The van der Waals surface area contributed by atoms with E-state index in [2.05, 4.69) is 5.32 Å². The lowest BCUT2D eigenvalue weighted by molar-refractivity contribution is -0.131. The first kappa shape index (κ1) is 17.8. The second-order valence-corrected chi connectivity index (χ2v) is 6.06. The van der Waals surface area contributed by atoms with Gasteiger partial charge in [-0.2, -0.15) is 0 Å². The van der Waals surface area contributed by atoms with Gasteiger partial charge in [0.15, 0.2) is 5.76 Å². The van der Waals surface area contributed by atoms with Gasteiger partial charge in [0.25, 0.3) is 0 Å². The Bertz CT molecular complexity index is 997. The second-order valence-electron chi connectivity index (χ2n) is 6.06. The predicted octanol–water partition coefficient (Wildman–Crippen LogP) is 2.13. The molecule has 0 bridgehead atoms. The van der Waals surface area contributed by atoms with Gasteiger partial charge in [-0.25, -0.2) is 0 Å². The van der Waals surface area contributed by atoms with E-state index in [9.17, 15) is 19.5 Å². The lowest BCUT2D eigenvalue weighted by atomic mass is 10.0. The van der Waals surface area contributed by atoms with Crippen LogP contribution in [0.3, 0.4) is 0 Å². The van der Waals surface area contributed by atoms with Crippen LogP contribution in [0.4, 0.5) is 0 Å². The highest BCUT2D eigenvalue weighted by atomic mass is 16.4. The zero-order valence-corrected chi connectivity index (χ0v) is 14.4. The molecule has 0 fully saturated rings. The summed E-state index contributed by atoms with van der Waals surface area (Å²) in [6.07, 6.45) is 5.27. The minimum Gasteiger partial charge on any atom is -0.502 e. The van der Waals surface area contributed by atoms with Crippen LogP contribution in [0, 0.1) is 0 Å². The van der Waals surface area contributed by atoms with E-state index in [-0.39, 0.29) is 16.7 Å².